The van der Waals surface area contributed by atoms with Crippen LogP contribution in [-0.2, 0) is 5.41 Å². The van der Waals surface area contributed by atoms with Gasteiger partial charge in [-0.2, -0.15) is 0 Å². The van der Waals surface area contributed by atoms with E-state index in [4.69, 9.17) is 9.98 Å². The van der Waals surface area contributed by atoms with Gasteiger partial charge in [0.2, 0.25) is 0 Å². The van der Waals surface area contributed by atoms with E-state index in [9.17, 15) is 10.2 Å². The van der Waals surface area contributed by atoms with Crippen molar-refractivity contribution in [2.45, 2.75) is 19.3 Å². The van der Waals surface area contributed by atoms with Crippen LogP contribution in [0.15, 0.2) is 113 Å². The van der Waals surface area contributed by atoms with Gasteiger partial charge in [0.1, 0.15) is 11.5 Å². The maximum atomic E-state index is 10.7. The van der Waals surface area contributed by atoms with Crippen molar-refractivity contribution in [3.63, 3.8) is 0 Å². The molecule has 4 rings (SSSR count). The van der Waals surface area contributed by atoms with Crippen molar-refractivity contribution in [2.75, 3.05) is 0 Å². The highest BCUT2D eigenvalue weighted by atomic mass is 16.3. The van der Waals surface area contributed by atoms with Gasteiger partial charge in [0, 0.05) is 22.8 Å². The average molecular weight is 435 g/mol. The molecule has 4 aromatic rings. The predicted molar refractivity (Wildman–Crippen MR) is 136 cm³/mol. The molecule has 2 N–H and O–H groups in total. The highest BCUT2D eigenvalue weighted by Crippen LogP contribution is 2.38. The third-order valence-corrected chi connectivity index (χ3v) is 5.61. The Kier molecular flexibility index (Phi) is 6.36. The Balaban J connectivity index is 1.85. The van der Waals surface area contributed by atoms with Gasteiger partial charge in [0.15, 0.2) is 0 Å². The van der Waals surface area contributed by atoms with E-state index in [1.807, 2.05) is 78.9 Å². The summed E-state index contributed by atoms with van der Waals surface area (Å²) in [5, 5.41) is 20.8. The summed E-state index contributed by atoms with van der Waals surface area (Å²) in [6.45, 7) is 4.16. The van der Waals surface area contributed by atoms with Crippen LogP contribution in [0.3, 0.4) is 0 Å². The molecule has 0 heterocycles. The van der Waals surface area contributed by atoms with E-state index in [-0.39, 0.29) is 11.5 Å². The summed E-state index contributed by atoms with van der Waals surface area (Å²) < 4.78 is 0. The smallest absolute Gasteiger partial charge is 0.124 e. The molecule has 0 unspecified atom stereocenters. The molecule has 0 bridgehead atoms. The molecule has 0 aliphatic heterocycles. The minimum absolute atomic E-state index is 0.176. The molecule has 0 saturated carbocycles. The van der Waals surface area contributed by atoms with E-state index < -0.39 is 5.41 Å². The second kappa shape index (κ2) is 9.53. The third-order valence-electron chi connectivity index (χ3n) is 5.61. The summed E-state index contributed by atoms with van der Waals surface area (Å²) in [4.78, 5) is 9.68. The third kappa shape index (κ3) is 4.85. The van der Waals surface area contributed by atoms with E-state index in [0.29, 0.717) is 11.1 Å². The van der Waals surface area contributed by atoms with Crippen LogP contribution in [0, 0.1) is 0 Å². The molecule has 0 atom stereocenters. The van der Waals surface area contributed by atoms with Crippen LogP contribution in [0.5, 0.6) is 11.5 Å². The number of aromatic hydroxyl groups is 2. The van der Waals surface area contributed by atoms with Crippen LogP contribution < -0.4 is 0 Å². The summed E-state index contributed by atoms with van der Waals surface area (Å²) in [6.07, 6.45) is 1.66. The molecule has 0 aliphatic carbocycles. The Hall–Kier alpha value is -4.18. The lowest BCUT2D eigenvalue weighted by Gasteiger charge is -2.29. The first kappa shape index (κ1) is 22.0. The van der Waals surface area contributed by atoms with Crippen LogP contribution in [-0.4, -0.2) is 22.1 Å². The standard InChI is InChI=1S/C29H26N2O2/c1-29(2,24-16-8-9-17-25(24)30-20-21-12-6-10-18-26(21)32)28(23-15-7-11-19-27(23)33)31-22-13-4-3-5-14-22/h3-20,32-33H,1-2H3. The highest BCUT2D eigenvalue weighted by Gasteiger charge is 2.32. The number of phenolic OH excluding ortho intramolecular Hbond substituents is 2. The zero-order valence-corrected chi connectivity index (χ0v) is 18.7. The van der Waals surface area contributed by atoms with Crippen molar-refractivity contribution in [3.8, 4) is 11.5 Å². The Morgan fingerprint density at radius 3 is 2.03 bits per heavy atom. The topological polar surface area (TPSA) is 65.2 Å². The van der Waals surface area contributed by atoms with Crippen molar-refractivity contribution in [1.82, 2.24) is 0 Å². The fourth-order valence-electron chi connectivity index (χ4n) is 3.82. The maximum Gasteiger partial charge on any atom is 0.124 e. The zero-order chi connectivity index (χ0) is 23.3. The molecular formula is C29H26N2O2. The van der Waals surface area contributed by atoms with E-state index in [0.717, 1.165) is 22.6 Å². The second-order valence-corrected chi connectivity index (χ2v) is 8.27. The highest BCUT2D eigenvalue weighted by molar-refractivity contribution is 6.11. The number of para-hydroxylation sites is 4. The fraction of sp³-hybridized carbons (Fsp3) is 0.103. The molecule has 0 saturated heterocycles. The van der Waals surface area contributed by atoms with Crippen LogP contribution >= 0.6 is 0 Å². The lowest BCUT2D eigenvalue weighted by Crippen LogP contribution is -2.30. The van der Waals surface area contributed by atoms with Crippen molar-refractivity contribution in [1.29, 1.82) is 0 Å². The average Bonchev–Trinajstić information content (AvgIpc) is 2.83. The molecule has 33 heavy (non-hydrogen) atoms. The number of nitrogens with zero attached hydrogens (tertiary/aromatic N) is 2. The number of hydrogen-bond acceptors (Lipinski definition) is 4. The monoisotopic (exact) mass is 434 g/mol. The van der Waals surface area contributed by atoms with E-state index in [1.54, 1.807) is 30.5 Å². The predicted octanol–water partition coefficient (Wildman–Crippen LogP) is 6.95. The number of hydrogen-bond donors (Lipinski definition) is 2. The van der Waals surface area contributed by atoms with Crippen LogP contribution in [0.4, 0.5) is 11.4 Å². The minimum atomic E-state index is -0.596. The lowest BCUT2D eigenvalue weighted by atomic mass is 9.76. The quantitative estimate of drug-likeness (QED) is 0.323. The summed E-state index contributed by atoms with van der Waals surface area (Å²) in [6, 6.07) is 32.0. The molecule has 4 heteroatoms. The summed E-state index contributed by atoms with van der Waals surface area (Å²) in [5.41, 5.74) is 3.98. The molecule has 0 amide bonds. The van der Waals surface area contributed by atoms with Gasteiger partial charge in [-0.15, -0.1) is 0 Å². The number of benzene rings is 4. The number of phenols is 2. The maximum absolute atomic E-state index is 10.7. The van der Waals surface area contributed by atoms with Gasteiger partial charge in [-0.3, -0.25) is 9.98 Å². The Labute approximate surface area is 194 Å². The number of rotatable bonds is 6. The molecular weight excluding hydrogens is 408 g/mol. The van der Waals surface area contributed by atoms with Crippen LogP contribution in [0.2, 0.25) is 0 Å². The summed E-state index contributed by atoms with van der Waals surface area (Å²) >= 11 is 0. The first-order valence-electron chi connectivity index (χ1n) is 10.8. The van der Waals surface area contributed by atoms with Gasteiger partial charge in [-0.1, -0.05) is 74.5 Å². The van der Waals surface area contributed by atoms with Gasteiger partial charge < -0.3 is 10.2 Å². The Morgan fingerprint density at radius 1 is 0.697 bits per heavy atom. The van der Waals surface area contributed by atoms with Gasteiger partial charge in [0.25, 0.3) is 0 Å². The van der Waals surface area contributed by atoms with E-state index in [1.165, 1.54) is 0 Å². The first-order valence-corrected chi connectivity index (χ1v) is 10.8. The van der Waals surface area contributed by atoms with Crippen molar-refractivity contribution in [2.24, 2.45) is 9.98 Å². The fourth-order valence-corrected chi connectivity index (χ4v) is 3.82. The zero-order valence-electron chi connectivity index (χ0n) is 18.7. The van der Waals surface area contributed by atoms with Gasteiger partial charge in [0.05, 0.1) is 17.1 Å². The second-order valence-electron chi connectivity index (χ2n) is 8.27. The van der Waals surface area contributed by atoms with Crippen molar-refractivity contribution in [3.05, 3.63) is 120 Å². The Morgan fingerprint density at radius 2 is 1.30 bits per heavy atom. The van der Waals surface area contributed by atoms with Crippen molar-refractivity contribution >= 4 is 23.3 Å². The molecule has 0 fully saturated rings. The van der Waals surface area contributed by atoms with Crippen LogP contribution in [0.1, 0.15) is 30.5 Å². The number of aliphatic imine (C=N–C) groups is 2. The van der Waals surface area contributed by atoms with Gasteiger partial charge in [-0.25, -0.2) is 0 Å². The molecule has 0 radical (unpaired) electrons. The SMILES string of the molecule is CC(C)(C(=Nc1ccccc1)c1ccccc1O)c1ccccc1N=Cc1ccccc1O. The van der Waals surface area contributed by atoms with Gasteiger partial charge in [-0.05, 0) is 48.0 Å². The van der Waals surface area contributed by atoms with E-state index >= 15 is 0 Å². The summed E-state index contributed by atoms with van der Waals surface area (Å²) in [7, 11) is 0. The Bertz CT molecular complexity index is 1310. The van der Waals surface area contributed by atoms with E-state index in [2.05, 4.69) is 13.8 Å². The minimum Gasteiger partial charge on any atom is -0.507 e. The molecule has 0 aliphatic rings. The van der Waals surface area contributed by atoms with Crippen LogP contribution in [0.25, 0.3) is 0 Å². The summed E-state index contributed by atoms with van der Waals surface area (Å²) in [5.74, 6) is 0.356. The molecule has 164 valence electrons. The first-order chi connectivity index (χ1) is 16.0. The largest absolute Gasteiger partial charge is 0.507 e. The lowest BCUT2D eigenvalue weighted by molar-refractivity contribution is 0.473. The molecule has 0 aromatic heterocycles. The molecule has 4 nitrogen and oxygen atoms in total. The van der Waals surface area contributed by atoms with Crippen molar-refractivity contribution < 1.29 is 10.2 Å². The van der Waals surface area contributed by atoms with Gasteiger partial charge >= 0.3 is 0 Å². The molecule has 0 spiro atoms. The molecule has 4 aromatic carbocycles. The normalized spacial score (nSPS) is 12.2.